The first kappa shape index (κ1) is 13.9. The first-order valence-electron chi connectivity index (χ1n) is 6.08. The van der Waals surface area contributed by atoms with Gasteiger partial charge in [-0.15, -0.1) is 0 Å². The minimum atomic E-state index is -0.216. The molecule has 3 nitrogen and oxygen atoms in total. The first-order chi connectivity index (χ1) is 9.06. The van der Waals surface area contributed by atoms with E-state index in [1.54, 1.807) is 18.2 Å². The maximum absolute atomic E-state index is 13.5. The van der Waals surface area contributed by atoms with Gasteiger partial charge in [-0.1, -0.05) is 32.0 Å². The van der Waals surface area contributed by atoms with E-state index in [1.807, 2.05) is 19.9 Å². The minimum Gasteiger partial charge on any atom is -0.366 e. The molecule has 0 unspecified atom stereocenters. The van der Waals surface area contributed by atoms with Crippen molar-refractivity contribution in [2.24, 2.45) is 0 Å². The van der Waals surface area contributed by atoms with Crippen LogP contribution in [-0.4, -0.2) is 9.97 Å². The summed E-state index contributed by atoms with van der Waals surface area (Å²) in [4.78, 5) is 8.70. The lowest BCUT2D eigenvalue weighted by molar-refractivity contribution is 0.613. The molecule has 2 aromatic rings. The van der Waals surface area contributed by atoms with Crippen LogP contribution >= 0.6 is 15.9 Å². The van der Waals surface area contributed by atoms with Gasteiger partial charge in [0, 0.05) is 24.1 Å². The Morgan fingerprint density at radius 3 is 2.68 bits per heavy atom. The molecule has 0 aliphatic carbocycles. The van der Waals surface area contributed by atoms with Crippen molar-refractivity contribution in [1.29, 1.82) is 0 Å². The zero-order valence-corrected chi connectivity index (χ0v) is 12.4. The van der Waals surface area contributed by atoms with E-state index in [9.17, 15) is 4.39 Å². The van der Waals surface area contributed by atoms with Crippen LogP contribution in [-0.2, 0) is 6.54 Å². The van der Waals surface area contributed by atoms with Gasteiger partial charge in [-0.25, -0.2) is 14.4 Å². The molecule has 2 rings (SSSR count). The van der Waals surface area contributed by atoms with E-state index < -0.39 is 0 Å². The molecule has 1 aromatic heterocycles. The topological polar surface area (TPSA) is 37.8 Å². The van der Waals surface area contributed by atoms with Crippen LogP contribution in [0, 0.1) is 5.82 Å². The fourth-order valence-electron chi connectivity index (χ4n) is 1.61. The molecule has 0 saturated heterocycles. The van der Waals surface area contributed by atoms with Gasteiger partial charge >= 0.3 is 0 Å². The normalized spacial score (nSPS) is 10.8. The molecule has 0 fully saturated rings. The molecule has 1 heterocycles. The Bertz CT molecular complexity index is 572. The summed E-state index contributed by atoms with van der Waals surface area (Å²) in [5.74, 6) is 1.47. The fourth-order valence-corrected chi connectivity index (χ4v) is 2.01. The second kappa shape index (κ2) is 6.10. The van der Waals surface area contributed by atoms with E-state index in [0.717, 1.165) is 10.4 Å². The van der Waals surface area contributed by atoms with Crippen LogP contribution in [0.2, 0.25) is 0 Å². The van der Waals surface area contributed by atoms with E-state index in [0.29, 0.717) is 17.9 Å². The van der Waals surface area contributed by atoms with E-state index in [2.05, 4.69) is 31.2 Å². The molecule has 0 aliphatic rings. The monoisotopic (exact) mass is 323 g/mol. The quantitative estimate of drug-likeness (QED) is 0.860. The summed E-state index contributed by atoms with van der Waals surface area (Å²) in [7, 11) is 0. The lowest BCUT2D eigenvalue weighted by Crippen LogP contribution is -2.06. The minimum absolute atomic E-state index is 0.216. The van der Waals surface area contributed by atoms with Crippen molar-refractivity contribution in [3.8, 4) is 0 Å². The summed E-state index contributed by atoms with van der Waals surface area (Å²) in [5, 5.41) is 3.12. The Balaban J connectivity index is 2.14. The smallest absolute Gasteiger partial charge is 0.134 e. The van der Waals surface area contributed by atoms with E-state index in [-0.39, 0.29) is 11.7 Å². The Labute approximate surface area is 120 Å². The Kier molecular flexibility index (Phi) is 4.47. The molecule has 0 saturated carbocycles. The van der Waals surface area contributed by atoms with Gasteiger partial charge in [0.1, 0.15) is 22.1 Å². The molecule has 0 amide bonds. The number of hydrogen-bond acceptors (Lipinski definition) is 3. The van der Waals surface area contributed by atoms with Crippen molar-refractivity contribution in [3.05, 3.63) is 52.1 Å². The summed E-state index contributed by atoms with van der Waals surface area (Å²) >= 11 is 3.36. The van der Waals surface area contributed by atoms with Gasteiger partial charge in [0.05, 0.1) is 0 Å². The van der Waals surface area contributed by atoms with Crippen molar-refractivity contribution in [2.75, 3.05) is 5.32 Å². The maximum atomic E-state index is 13.5. The van der Waals surface area contributed by atoms with Crippen LogP contribution in [0.5, 0.6) is 0 Å². The highest BCUT2D eigenvalue weighted by Gasteiger charge is 2.07. The lowest BCUT2D eigenvalue weighted by Gasteiger charge is -2.10. The molecule has 0 radical (unpaired) electrons. The van der Waals surface area contributed by atoms with E-state index in [4.69, 9.17) is 0 Å². The molecule has 19 heavy (non-hydrogen) atoms. The Morgan fingerprint density at radius 2 is 2.00 bits per heavy atom. The molecule has 100 valence electrons. The van der Waals surface area contributed by atoms with E-state index >= 15 is 0 Å². The number of aromatic nitrogens is 2. The van der Waals surface area contributed by atoms with Crippen LogP contribution in [0.4, 0.5) is 10.2 Å². The Hall–Kier alpha value is -1.49. The maximum Gasteiger partial charge on any atom is 0.134 e. The van der Waals surface area contributed by atoms with Crippen LogP contribution in [0.25, 0.3) is 0 Å². The highest BCUT2D eigenvalue weighted by Crippen LogP contribution is 2.18. The third-order valence-corrected chi connectivity index (χ3v) is 3.05. The van der Waals surface area contributed by atoms with Gasteiger partial charge in [-0.3, -0.25) is 0 Å². The summed E-state index contributed by atoms with van der Waals surface area (Å²) < 4.78 is 14.2. The third kappa shape index (κ3) is 3.73. The van der Waals surface area contributed by atoms with E-state index in [1.165, 1.54) is 6.07 Å². The number of hydrogen-bond donors (Lipinski definition) is 1. The van der Waals surface area contributed by atoms with Gasteiger partial charge in [0.25, 0.3) is 0 Å². The predicted molar refractivity (Wildman–Crippen MR) is 77.5 cm³/mol. The summed E-state index contributed by atoms with van der Waals surface area (Å²) in [5.41, 5.74) is 0.614. The molecule has 0 bridgehead atoms. The average molecular weight is 324 g/mol. The van der Waals surface area contributed by atoms with Crippen LogP contribution < -0.4 is 5.32 Å². The summed E-state index contributed by atoms with van der Waals surface area (Å²) in [6, 6.07) is 8.48. The number of anilines is 1. The standard InChI is InChI=1S/C14H15BrFN3/c1-9(2)14-18-12(15)7-13(19-14)17-8-10-5-3-4-6-11(10)16/h3-7,9H,8H2,1-2H3,(H,17,18,19). The highest BCUT2D eigenvalue weighted by atomic mass is 79.9. The number of benzene rings is 1. The van der Waals surface area contributed by atoms with Gasteiger partial charge < -0.3 is 5.32 Å². The molecule has 0 atom stereocenters. The van der Waals surface area contributed by atoms with Crippen molar-refractivity contribution in [2.45, 2.75) is 26.3 Å². The number of nitrogens with one attached hydrogen (secondary N) is 1. The number of halogens is 2. The molecular formula is C14H15BrFN3. The second-order valence-corrected chi connectivity index (χ2v) is 5.35. The molecule has 0 aliphatic heterocycles. The van der Waals surface area contributed by atoms with Crippen molar-refractivity contribution < 1.29 is 4.39 Å². The van der Waals surface area contributed by atoms with Crippen LogP contribution in [0.1, 0.15) is 31.2 Å². The second-order valence-electron chi connectivity index (χ2n) is 4.53. The molecule has 1 N–H and O–H groups in total. The van der Waals surface area contributed by atoms with Gasteiger partial charge in [0.15, 0.2) is 0 Å². The van der Waals surface area contributed by atoms with Crippen LogP contribution in [0.15, 0.2) is 34.9 Å². The van der Waals surface area contributed by atoms with Crippen molar-refractivity contribution in [3.63, 3.8) is 0 Å². The number of rotatable bonds is 4. The summed E-state index contributed by atoms with van der Waals surface area (Å²) in [6.07, 6.45) is 0. The fraction of sp³-hybridized carbons (Fsp3) is 0.286. The molecule has 0 spiro atoms. The van der Waals surface area contributed by atoms with Crippen molar-refractivity contribution in [1.82, 2.24) is 9.97 Å². The molecule has 5 heteroatoms. The third-order valence-electron chi connectivity index (χ3n) is 2.65. The lowest BCUT2D eigenvalue weighted by atomic mass is 10.2. The van der Waals surface area contributed by atoms with Crippen LogP contribution in [0.3, 0.4) is 0 Å². The van der Waals surface area contributed by atoms with Gasteiger partial charge in [0.2, 0.25) is 0 Å². The average Bonchev–Trinajstić information content (AvgIpc) is 2.37. The number of nitrogens with zero attached hydrogens (tertiary/aromatic N) is 2. The van der Waals surface area contributed by atoms with Gasteiger partial charge in [-0.2, -0.15) is 0 Å². The first-order valence-corrected chi connectivity index (χ1v) is 6.87. The van der Waals surface area contributed by atoms with Gasteiger partial charge in [-0.05, 0) is 22.0 Å². The molecular weight excluding hydrogens is 309 g/mol. The SMILES string of the molecule is CC(C)c1nc(Br)cc(NCc2ccccc2F)n1. The largest absolute Gasteiger partial charge is 0.366 e. The zero-order valence-electron chi connectivity index (χ0n) is 10.8. The molecule has 1 aromatic carbocycles. The zero-order chi connectivity index (χ0) is 13.8. The predicted octanol–water partition coefficient (Wildman–Crippen LogP) is 4.11. The Morgan fingerprint density at radius 1 is 1.26 bits per heavy atom. The van der Waals surface area contributed by atoms with Crippen molar-refractivity contribution >= 4 is 21.7 Å². The summed E-state index contributed by atoms with van der Waals surface area (Å²) in [6.45, 7) is 4.46. The highest BCUT2D eigenvalue weighted by molar-refractivity contribution is 9.10.